The van der Waals surface area contributed by atoms with Gasteiger partial charge in [-0.3, -0.25) is 0 Å². The largest absolute Gasteiger partial charge is 0.308 e. The summed E-state index contributed by atoms with van der Waals surface area (Å²) in [7, 11) is 0. The van der Waals surface area contributed by atoms with Crippen molar-refractivity contribution in [3.8, 4) is 0 Å². The standard InChI is InChI=1S/C48H32N2S/c1-3-18-38(19-4-1)49(40-26-23-33-13-7-9-16-36(33)31-40)44-29-30-45-46(43-28-25-35-15-11-12-22-42(35)48(43)51-45)47(44)50(39-20-5-2-6-21-39)41-27-24-34-14-8-10-17-37(34)32-41/h1-32H. The summed E-state index contributed by atoms with van der Waals surface area (Å²) in [5, 5.41) is 9.92. The van der Waals surface area contributed by atoms with Crippen LogP contribution in [0, 0.1) is 0 Å². The quantitative estimate of drug-likeness (QED) is 0.174. The van der Waals surface area contributed by atoms with Gasteiger partial charge in [0.2, 0.25) is 0 Å². The van der Waals surface area contributed by atoms with Gasteiger partial charge in [0.25, 0.3) is 0 Å². The number of thiophene rings is 1. The molecule has 10 rings (SSSR count). The molecule has 0 unspecified atom stereocenters. The molecule has 0 bridgehead atoms. The summed E-state index contributed by atoms with van der Waals surface area (Å²) in [6.45, 7) is 0. The van der Waals surface area contributed by atoms with E-state index in [1.54, 1.807) is 0 Å². The van der Waals surface area contributed by atoms with Crippen LogP contribution in [0.25, 0.3) is 52.5 Å². The highest BCUT2D eigenvalue weighted by molar-refractivity contribution is 7.26. The van der Waals surface area contributed by atoms with Crippen LogP contribution in [0.4, 0.5) is 34.1 Å². The van der Waals surface area contributed by atoms with E-state index < -0.39 is 0 Å². The van der Waals surface area contributed by atoms with E-state index in [0.717, 1.165) is 34.1 Å². The number of hydrogen-bond acceptors (Lipinski definition) is 3. The third kappa shape index (κ3) is 5.01. The molecule has 2 nitrogen and oxygen atoms in total. The van der Waals surface area contributed by atoms with Crippen LogP contribution in [-0.2, 0) is 0 Å². The first kappa shape index (κ1) is 29.5. The number of fused-ring (bicyclic) bond motifs is 7. The predicted molar refractivity (Wildman–Crippen MR) is 221 cm³/mol. The molecule has 0 fully saturated rings. The molecule has 3 heteroatoms. The van der Waals surface area contributed by atoms with Gasteiger partial charge in [0.1, 0.15) is 0 Å². The van der Waals surface area contributed by atoms with Crippen molar-refractivity contribution in [3.05, 3.63) is 194 Å². The number of rotatable bonds is 6. The first-order valence-corrected chi connectivity index (χ1v) is 18.2. The van der Waals surface area contributed by atoms with Crippen molar-refractivity contribution >= 4 is 98.0 Å². The van der Waals surface area contributed by atoms with Crippen molar-refractivity contribution in [1.82, 2.24) is 0 Å². The average molecular weight is 669 g/mol. The maximum atomic E-state index is 2.47. The van der Waals surface area contributed by atoms with Gasteiger partial charge in [0.05, 0.1) is 11.4 Å². The highest BCUT2D eigenvalue weighted by Gasteiger charge is 2.27. The second-order valence-corrected chi connectivity index (χ2v) is 14.0. The number of hydrogen-bond donors (Lipinski definition) is 0. The molecule has 0 atom stereocenters. The summed E-state index contributed by atoms with van der Waals surface area (Å²) < 4.78 is 2.57. The Morgan fingerprint density at radius 1 is 0.333 bits per heavy atom. The van der Waals surface area contributed by atoms with Gasteiger partial charge in [0, 0.05) is 42.9 Å². The monoisotopic (exact) mass is 668 g/mol. The summed E-state index contributed by atoms with van der Waals surface area (Å²) in [4.78, 5) is 4.91. The Morgan fingerprint density at radius 2 is 0.843 bits per heavy atom. The van der Waals surface area contributed by atoms with Crippen molar-refractivity contribution in [2.24, 2.45) is 0 Å². The van der Waals surface area contributed by atoms with Gasteiger partial charge in [-0.2, -0.15) is 0 Å². The molecular formula is C48H32N2S. The van der Waals surface area contributed by atoms with E-state index in [1.165, 1.54) is 52.5 Å². The number of anilines is 6. The van der Waals surface area contributed by atoms with E-state index in [1.807, 2.05) is 11.3 Å². The number of benzene rings is 9. The van der Waals surface area contributed by atoms with Crippen LogP contribution in [0.1, 0.15) is 0 Å². The molecule has 0 saturated carbocycles. The third-order valence-corrected chi connectivity index (χ3v) is 11.2. The molecule has 0 radical (unpaired) electrons. The van der Waals surface area contributed by atoms with Gasteiger partial charge in [-0.05, 0) is 93.0 Å². The van der Waals surface area contributed by atoms with Gasteiger partial charge in [0.15, 0.2) is 0 Å². The minimum absolute atomic E-state index is 1.10. The fourth-order valence-corrected chi connectivity index (χ4v) is 8.83. The molecule has 0 spiro atoms. The zero-order chi connectivity index (χ0) is 33.7. The minimum atomic E-state index is 1.10. The van der Waals surface area contributed by atoms with E-state index in [-0.39, 0.29) is 0 Å². The Hall–Kier alpha value is -6.42. The molecule has 10 aromatic rings. The van der Waals surface area contributed by atoms with E-state index in [4.69, 9.17) is 0 Å². The van der Waals surface area contributed by atoms with Crippen LogP contribution in [0.15, 0.2) is 194 Å². The highest BCUT2D eigenvalue weighted by Crippen LogP contribution is 2.53. The SMILES string of the molecule is c1ccc(N(c2ccc3ccccc3c2)c2ccc3sc4c5ccccc5ccc4c3c2N(c2ccccc2)c2ccc3ccccc3c2)cc1. The van der Waals surface area contributed by atoms with E-state index in [2.05, 4.69) is 204 Å². The fraction of sp³-hybridized carbons (Fsp3) is 0. The summed E-state index contributed by atoms with van der Waals surface area (Å²) in [5.74, 6) is 0. The maximum Gasteiger partial charge on any atom is 0.0796 e. The molecule has 0 amide bonds. The van der Waals surface area contributed by atoms with Crippen LogP contribution >= 0.6 is 11.3 Å². The first-order chi connectivity index (χ1) is 25.3. The van der Waals surface area contributed by atoms with Gasteiger partial charge < -0.3 is 9.80 Å². The second-order valence-electron chi connectivity index (χ2n) is 13.0. The molecular weight excluding hydrogens is 637 g/mol. The van der Waals surface area contributed by atoms with Gasteiger partial charge in [-0.25, -0.2) is 0 Å². The predicted octanol–water partition coefficient (Wildman–Crippen LogP) is 14.5. The average Bonchev–Trinajstić information content (AvgIpc) is 3.59. The number of para-hydroxylation sites is 2. The Bertz CT molecular complexity index is 2880. The van der Waals surface area contributed by atoms with E-state index >= 15 is 0 Å². The smallest absolute Gasteiger partial charge is 0.0796 e. The first-order valence-electron chi connectivity index (χ1n) is 17.4. The summed E-state index contributed by atoms with van der Waals surface area (Å²) in [6, 6.07) is 70.5. The van der Waals surface area contributed by atoms with Crippen LogP contribution in [0.5, 0.6) is 0 Å². The Morgan fingerprint density at radius 3 is 1.49 bits per heavy atom. The van der Waals surface area contributed by atoms with Crippen LogP contribution in [0.3, 0.4) is 0 Å². The molecule has 0 saturated heterocycles. The molecule has 0 aliphatic carbocycles. The molecule has 0 aliphatic heterocycles. The Balaban J connectivity index is 1.36. The lowest BCUT2D eigenvalue weighted by Crippen LogP contribution is -2.17. The van der Waals surface area contributed by atoms with Crippen molar-refractivity contribution in [3.63, 3.8) is 0 Å². The molecule has 0 N–H and O–H groups in total. The molecule has 51 heavy (non-hydrogen) atoms. The zero-order valence-corrected chi connectivity index (χ0v) is 28.6. The molecule has 240 valence electrons. The van der Waals surface area contributed by atoms with Crippen LogP contribution < -0.4 is 9.80 Å². The van der Waals surface area contributed by atoms with Crippen molar-refractivity contribution < 1.29 is 0 Å². The zero-order valence-electron chi connectivity index (χ0n) is 27.8. The highest BCUT2D eigenvalue weighted by atomic mass is 32.1. The minimum Gasteiger partial charge on any atom is -0.308 e. The van der Waals surface area contributed by atoms with Crippen molar-refractivity contribution in [2.75, 3.05) is 9.80 Å². The third-order valence-electron chi connectivity index (χ3n) is 9.96. The Labute approximate surface area is 300 Å². The topological polar surface area (TPSA) is 6.48 Å². The van der Waals surface area contributed by atoms with Crippen molar-refractivity contribution in [2.45, 2.75) is 0 Å². The van der Waals surface area contributed by atoms with Crippen LogP contribution in [0.2, 0.25) is 0 Å². The Kier molecular flexibility index (Phi) is 7.04. The number of nitrogens with zero attached hydrogens (tertiary/aromatic N) is 2. The van der Waals surface area contributed by atoms with Gasteiger partial charge in [-0.15, -0.1) is 11.3 Å². The lowest BCUT2D eigenvalue weighted by Gasteiger charge is -2.34. The molecule has 1 heterocycles. The lowest BCUT2D eigenvalue weighted by molar-refractivity contribution is 1.24. The van der Waals surface area contributed by atoms with E-state index in [0.29, 0.717) is 0 Å². The van der Waals surface area contributed by atoms with Crippen molar-refractivity contribution in [1.29, 1.82) is 0 Å². The summed E-state index contributed by atoms with van der Waals surface area (Å²) >= 11 is 1.88. The maximum absolute atomic E-state index is 2.47. The van der Waals surface area contributed by atoms with Crippen LogP contribution in [-0.4, -0.2) is 0 Å². The normalized spacial score (nSPS) is 11.5. The van der Waals surface area contributed by atoms with E-state index in [9.17, 15) is 0 Å². The van der Waals surface area contributed by atoms with Gasteiger partial charge >= 0.3 is 0 Å². The molecule has 9 aromatic carbocycles. The summed E-state index contributed by atoms with van der Waals surface area (Å²) in [6.07, 6.45) is 0. The lowest BCUT2D eigenvalue weighted by atomic mass is 10.0. The molecule has 1 aromatic heterocycles. The summed E-state index contributed by atoms with van der Waals surface area (Å²) in [5.41, 5.74) is 6.68. The fourth-order valence-electron chi connectivity index (χ4n) is 7.59. The second kappa shape index (κ2) is 12.2. The van der Waals surface area contributed by atoms with Gasteiger partial charge in [-0.1, -0.05) is 133 Å². The molecule has 0 aliphatic rings.